The second-order valence-electron chi connectivity index (χ2n) is 4.42. The lowest BCUT2D eigenvalue weighted by Crippen LogP contribution is -2.37. The SMILES string of the molecule is CCOC(=O)C1CCN(c2cc(Cl)nc(N)n2)CC1. The predicted molar refractivity (Wildman–Crippen MR) is 73.0 cm³/mol. The number of hydrogen-bond donors (Lipinski definition) is 1. The summed E-state index contributed by atoms with van der Waals surface area (Å²) in [6, 6.07) is 1.68. The van der Waals surface area contributed by atoms with Crippen LogP contribution in [0.1, 0.15) is 19.8 Å². The molecule has 104 valence electrons. The molecule has 2 heterocycles. The predicted octanol–water partition coefficient (Wildman–Crippen LogP) is 1.49. The Morgan fingerprint density at radius 2 is 2.21 bits per heavy atom. The van der Waals surface area contributed by atoms with E-state index in [0.29, 0.717) is 17.6 Å². The van der Waals surface area contributed by atoms with Gasteiger partial charge >= 0.3 is 5.97 Å². The number of esters is 1. The van der Waals surface area contributed by atoms with Gasteiger partial charge < -0.3 is 15.4 Å². The first kappa shape index (κ1) is 13.9. The van der Waals surface area contributed by atoms with E-state index >= 15 is 0 Å². The number of nitrogens with zero attached hydrogens (tertiary/aromatic N) is 3. The molecule has 0 radical (unpaired) electrons. The third-order valence-corrected chi connectivity index (χ3v) is 3.33. The van der Waals surface area contributed by atoms with Gasteiger partial charge in [0.2, 0.25) is 5.95 Å². The topological polar surface area (TPSA) is 81.3 Å². The highest BCUT2D eigenvalue weighted by atomic mass is 35.5. The Labute approximate surface area is 116 Å². The van der Waals surface area contributed by atoms with Crippen LogP contribution in [0.2, 0.25) is 5.15 Å². The number of piperidine rings is 1. The van der Waals surface area contributed by atoms with E-state index in [9.17, 15) is 4.79 Å². The zero-order valence-corrected chi connectivity index (χ0v) is 11.6. The second kappa shape index (κ2) is 6.06. The van der Waals surface area contributed by atoms with Gasteiger partial charge in [-0.25, -0.2) is 4.98 Å². The molecule has 0 saturated carbocycles. The fraction of sp³-hybridized carbons (Fsp3) is 0.583. The van der Waals surface area contributed by atoms with Crippen molar-refractivity contribution in [3.63, 3.8) is 0 Å². The van der Waals surface area contributed by atoms with E-state index < -0.39 is 0 Å². The van der Waals surface area contributed by atoms with Crippen LogP contribution >= 0.6 is 11.6 Å². The van der Waals surface area contributed by atoms with Crippen LogP contribution in [0.25, 0.3) is 0 Å². The van der Waals surface area contributed by atoms with Gasteiger partial charge in [-0.2, -0.15) is 4.98 Å². The summed E-state index contributed by atoms with van der Waals surface area (Å²) < 4.78 is 5.04. The van der Waals surface area contributed by atoms with Crippen LogP contribution in [-0.4, -0.2) is 35.6 Å². The lowest BCUT2D eigenvalue weighted by molar-refractivity contribution is -0.148. The smallest absolute Gasteiger partial charge is 0.309 e. The highest BCUT2D eigenvalue weighted by molar-refractivity contribution is 6.29. The minimum atomic E-state index is -0.109. The van der Waals surface area contributed by atoms with Gasteiger partial charge in [0.15, 0.2) is 0 Å². The number of carbonyl (C=O) groups is 1. The second-order valence-corrected chi connectivity index (χ2v) is 4.81. The van der Waals surface area contributed by atoms with Crippen LogP contribution in [0, 0.1) is 5.92 Å². The van der Waals surface area contributed by atoms with Crippen molar-refractivity contribution in [3.05, 3.63) is 11.2 Å². The lowest BCUT2D eigenvalue weighted by atomic mass is 9.97. The normalized spacial score (nSPS) is 16.4. The molecule has 1 aliphatic heterocycles. The molecular formula is C12H17ClN4O2. The molecule has 0 spiro atoms. The number of carbonyl (C=O) groups excluding carboxylic acids is 1. The van der Waals surface area contributed by atoms with Crippen molar-refractivity contribution in [2.75, 3.05) is 30.3 Å². The van der Waals surface area contributed by atoms with E-state index in [1.165, 1.54) is 0 Å². The first-order valence-corrected chi connectivity index (χ1v) is 6.69. The molecule has 2 rings (SSSR count). The van der Waals surface area contributed by atoms with Crippen molar-refractivity contribution >= 4 is 29.3 Å². The van der Waals surface area contributed by atoms with Gasteiger partial charge in [-0.05, 0) is 19.8 Å². The molecule has 1 aromatic heterocycles. The Bertz CT molecular complexity index is 441. The quantitative estimate of drug-likeness (QED) is 0.669. The van der Waals surface area contributed by atoms with Crippen LogP contribution in [0.3, 0.4) is 0 Å². The fourth-order valence-electron chi connectivity index (χ4n) is 2.19. The summed E-state index contributed by atoms with van der Waals surface area (Å²) in [6.45, 7) is 3.71. The van der Waals surface area contributed by atoms with Crippen LogP contribution in [0.5, 0.6) is 0 Å². The average molecular weight is 285 g/mol. The maximum absolute atomic E-state index is 11.6. The summed E-state index contributed by atoms with van der Waals surface area (Å²) in [7, 11) is 0. The molecule has 1 fully saturated rings. The van der Waals surface area contributed by atoms with E-state index in [1.807, 2.05) is 6.92 Å². The number of rotatable bonds is 3. The molecule has 6 nitrogen and oxygen atoms in total. The highest BCUT2D eigenvalue weighted by Crippen LogP contribution is 2.24. The summed E-state index contributed by atoms with van der Waals surface area (Å²) in [5.41, 5.74) is 5.57. The zero-order valence-electron chi connectivity index (χ0n) is 10.8. The molecule has 0 bridgehead atoms. The Hall–Kier alpha value is -1.56. The monoisotopic (exact) mass is 284 g/mol. The van der Waals surface area contributed by atoms with Gasteiger partial charge in [-0.3, -0.25) is 4.79 Å². The Morgan fingerprint density at radius 3 is 2.79 bits per heavy atom. The minimum absolute atomic E-state index is 0.0224. The third kappa shape index (κ3) is 3.47. The van der Waals surface area contributed by atoms with Crippen molar-refractivity contribution in [2.24, 2.45) is 5.92 Å². The van der Waals surface area contributed by atoms with E-state index in [-0.39, 0.29) is 17.8 Å². The molecule has 2 N–H and O–H groups in total. The standard InChI is InChI=1S/C12H17ClN4O2/c1-2-19-11(18)8-3-5-17(6-4-8)10-7-9(13)15-12(14)16-10/h7-8H,2-6H2,1H3,(H2,14,15,16). The number of anilines is 2. The maximum atomic E-state index is 11.6. The van der Waals surface area contributed by atoms with Gasteiger partial charge in [-0.1, -0.05) is 11.6 Å². The Morgan fingerprint density at radius 1 is 1.53 bits per heavy atom. The summed E-state index contributed by atoms with van der Waals surface area (Å²) in [5.74, 6) is 0.739. The molecule has 0 amide bonds. The summed E-state index contributed by atoms with van der Waals surface area (Å²) in [5, 5.41) is 0.329. The molecule has 1 aliphatic rings. The molecule has 0 unspecified atom stereocenters. The largest absolute Gasteiger partial charge is 0.466 e. The van der Waals surface area contributed by atoms with E-state index in [2.05, 4.69) is 14.9 Å². The van der Waals surface area contributed by atoms with Crippen LogP contribution in [0.15, 0.2) is 6.07 Å². The lowest BCUT2D eigenvalue weighted by Gasteiger charge is -2.31. The van der Waals surface area contributed by atoms with Gasteiger partial charge in [0.1, 0.15) is 11.0 Å². The maximum Gasteiger partial charge on any atom is 0.309 e. The number of nitrogens with two attached hydrogens (primary N) is 1. The third-order valence-electron chi connectivity index (χ3n) is 3.14. The number of hydrogen-bond acceptors (Lipinski definition) is 6. The minimum Gasteiger partial charge on any atom is -0.466 e. The molecule has 0 atom stereocenters. The number of nitrogen functional groups attached to an aromatic ring is 1. The summed E-state index contributed by atoms with van der Waals surface area (Å²) in [4.78, 5) is 21.7. The molecule has 0 aliphatic carbocycles. The Kier molecular flexibility index (Phi) is 4.42. The molecule has 1 saturated heterocycles. The van der Waals surface area contributed by atoms with Crippen molar-refractivity contribution in [1.29, 1.82) is 0 Å². The first-order chi connectivity index (χ1) is 9.10. The number of aromatic nitrogens is 2. The first-order valence-electron chi connectivity index (χ1n) is 6.31. The van der Waals surface area contributed by atoms with E-state index in [4.69, 9.17) is 22.1 Å². The van der Waals surface area contributed by atoms with Crippen molar-refractivity contribution in [1.82, 2.24) is 9.97 Å². The van der Waals surface area contributed by atoms with Crippen molar-refractivity contribution in [2.45, 2.75) is 19.8 Å². The molecule has 7 heteroatoms. The van der Waals surface area contributed by atoms with Crippen LogP contribution in [0.4, 0.5) is 11.8 Å². The molecular weight excluding hydrogens is 268 g/mol. The van der Waals surface area contributed by atoms with E-state index in [0.717, 1.165) is 25.9 Å². The van der Waals surface area contributed by atoms with Gasteiger partial charge in [0.25, 0.3) is 0 Å². The van der Waals surface area contributed by atoms with Gasteiger partial charge in [0, 0.05) is 19.2 Å². The summed E-state index contributed by atoms with van der Waals surface area (Å²) in [6.07, 6.45) is 1.50. The molecule has 19 heavy (non-hydrogen) atoms. The van der Waals surface area contributed by atoms with Crippen molar-refractivity contribution < 1.29 is 9.53 Å². The highest BCUT2D eigenvalue weighted by Gasteiger charge is 2.26. The van der Waals surface area contributed by atoms with Crippen LogP contribution in [-0.2, 0) is 9.53 Å². The van der Waals surface area contributed by atoms with Crippen molar-refractivity contribution in [3.8, 4) is 0 Å². The average Bonchev–Trinajstić information content (AvgIpc) is 2.38. The number of ether oxygens (including phenoxy) is 1. The summed E-state index contributed by atoms with van der Waals surface area (Å²) >= 11 is 5.86. The van der Waals surface area contributed by atoms with Crippen LogP contribution < -0.4 is 10.6 Å². The van der Waals surface area contributed by atoms with Gasteiger partial charge in [-0.15, -0.1) is 0 Å². The zero-order chi connectivity index (χ0) is 13.8. The Balaban J connectivity index is 1.97. The van der Waals surface area contributed by atoms with Gasteiger partial charge in [0.05, 0.1) is 12.5 Å². The fourth-order valence-corrected chi connectivity index (χ4v) is 2.37. The molecule has 0 aromatic carbocycles. The van der Waals surface area contributed by atoms with E-state index in [1.54, 1.807) is 6.07 Å². The molecule has 1 aromatic rings. The number of halogens is 1.